The van der Waals surface area contributed by atoms with Crippen molar-refractivity contribution in [2.45, 2.75) is 16.6 Å². The standard InChI is InChI=1S/C8H3F7S/c9-6-2-1-4(16-8(13,14)15)3-5(6)7(10,11)12/h1-3H. The molecule has 0 bridgehead atoms. The third kappa shape index (κ3) is 3.58. The summed E-state index contributed by atoms with van der Waals surface area (Å²) in [6.45, 7) is 0. The van der Waals surface area contributed by atoms with Gasteiger partial charge in [0.15, 0.2) is 0 Å². The van der Waals surface area contributed by atoms with Crippen molar-refractivity contribution in [3.63, 3.8) is 0 Å². The van der Waals surface area contributed by atoms with Crippen LogP contribution in [0, 0.1) is 5.82 Å². The summed E-state index contributed by atoms with van der Waals surface area (Å²) in [7, 11) is 0. The van der Waals surface area contributed by atoms with Crippen molar-refractivity contribution in [3.8, 4) is 0 Å². The molecule has 0 atom stereocenters. The molecule has 8 heteroatoms. The molecular weight excluding hydrogens is 261 g/mol. The van der Waals surface area contributed by atoms with Crippen LogP contribution < -0.4 is 0 Å². The lowest BCUT2D eigenvalue weighted by molar-refractivity contribution is -0.140. The minimum Gasteiger partial charge on any atom is -0.206 e. The van der Waals surface area contributed by atoms with Gasteiger partial charge < -0.3 is 0 Å². The van der Waals surface area contributed by atoms with Crippen LogP contribution in [-0.2, 0) is 6.18 Å². The van der Waals surface area contributed by atoms with Gasteiger partial charge >= 0.3 is 11.7 Å². The lowest BCUT2D eigenvalue weighted by Crippen LogP contribution is -2.08. The van der Waals surface area contributed by atoms with Crippen molar-refractivity contribution >= 4 is 11.8 Å². The van der Waals surface area contributed by atoms with Crippen LogP contribution in [0.5, 0.6) is 0 Å². The van der Waals surface area contributed by atoms with Crippen LogP contribution in [0.2, 0.25) is 0 Å². The Morgan fingerprint density at radius 3 is 1.94 bits per heavy atom. The molecule has 16 heavy (non-hydrogen) atoms. The quantitative estimate of drug-likeness (QED) is 0.533. The summed E-state index contributed by atoms with van der Waals surface area (Å²) in [5.41, 5.74) is -6.41. The summed E-state index contributed by atoms with van der Waals surface area (Å²) < 4.78 is 84.7. The van der Waals surface area contributed by atoms with Gasteiger partial charge in [0.1, 0.15) is 5.82 Å². The number of benzene rings is 1. The molecular formula is C8H3F7S. The number of rotatable bonds is 1. The van der Waals surface area contributed by atoms with Crippen LogP contribution >= 0.6 is 11.8 Å². The van der Waals surface area contributed by atoms with E-state index in [0.717, 1.165) is 0 Å². The fourth-order valence-corrected chi connectivity index (χ4v) is 1.50. The molecule has 0 unspecified atom stereocenters. The first kappa shape index (κ1) is 13.1. The topological polar surface area (TPSA) is 0 Å². The van der Waals surface area contributed by atoms with Gasteiger partial charge in [-0.05, 0) is 30.0 Å². The summed E-state index contributed by atoms with van der Waals surface area (Å²) in [6, 6.07) is 1.13. The molecule has 0 amide bonds. The highest BCUT2D eigenvalue weighted by Gasteiger charge is 2.36. The molecule has 0 spiro atoms. The summed E-state index contributed by atoms with van der Waals surface area (Å²) in [6.07, 6.45) is -5.01. The molecule has 0 aliphatic rings. The predicted octanol–water partition coefficient (Wildman–Crippen LogP) is 4.46. The van der Waals surface area contributed by atoms with Gasteiger partial charge in [-0.2, -0.15) is 26.3 Å². The molecule has 0 aromatic heterocycles. The summed E-state index contributed by atoms with van der Waals surface area (Å²) in [5.74, 6) is -1.60. The average molecular weight is 264 g/mol. The Morgan fingerprint density at radius 1 is 0.938 bits per heavy atom. The number of hydrogen-bond donors (Lipinski definition) is 0. The van der Waals surface area contributed by atoms with Crippen LogP contribution in [0.1, 0.15) is 5.56 Å². The third-order valence-corrected chi connectivity index (χ3v) is 2.20. The van der Waals surface area contributed by atoms with E-state index in [0.29, 0.717) is 12.1 Å². The van der Waals surface area contributed by atoms with Gasteiger partial charge in [-0.3, -0.25) is 0 Å². The van der Waals surface area contributed by atoms with E-state index in [2.05, 4.69) is 0 Å². The van der Waals surface area contributed by atoms with E-state index in [1.54, 1.807) is 0 Å². The van der Waals surface area contributed by atoms with E-state index in [9.17, 15) is 30.7 Å². The number of halogens is 7. The smallest absolute Gasteiger partial charge is 0.206 e. The summed E-state index contributed by atoms with van der Waals surface area (Å²) in [5, 5.41) is 0. The SMILES string of the molecule is Fc1ccc(SC(F)(F)F)cc1C(F)(F)F. The largest absolute Gasteiger partial charge is 0.446 e. The first-order valence-corrected chi connectivity index (χ1v) is 4.54. The van der Waals surface area contributed by atoms with Crippen molar-refractivity contribution in [2.75, 3.05) is 0 Å². The number of thioether (sulfide) groups is 1. The molecule has 90 valence electrons. The fourth-order valence-electron chi connectivity index (χ4n) is 0.919. The first-order chi connectivity index (χ1) is 7.09. The molecule has 1 rings (SSSR count). The summed E-state index contributed by atoms with van der Waals surface area (Å²) >= 11 is -0.727. The Hall–Kier alpha value is -0.920. The number of hydrogen-bond acceptors (Lipinski definition) is 1. The molecule has 0 aliphatic heterocycles. The molecule has 0 N–H and O–H groups in total. The Bertz CT molecular complexity index is 379. The van der Waals surface area contributed by atoms with E-state index < -0.39 is 39.7 Å². The van der Waals surface area contributed by atoms with Gasteiger partial charge in [-0.15, -0.1) is 0 Å². The highest BCUT2D eigenvalue weighted by atomic mass is 32.2. The molecule has 1 aromatic rings. The van der Waals surface area contributed by atoms with Crippen LogP contribution in [0.25, 0.3) is 0 Å². The highest BCUT2D eigenvalue weighted by Crippen LogP contribution is 2.40. The first-order valence-electron chi connectivity index (χ1n) is 3.72. The average Bonchev–Trinajstić information content (AvgIpc) is 2.04. The van der Waals surface area contributed by atoms with Crippen molar-refractivity contribution in [3.05, 3.63) is 29.6 Å². The monoisotopic (exact) mass is 264 g/mol. The van der Waals surface area contributed by atoms with E-state index in [1.807, 2.05) is 0 Å². The Kier molecular flexibility index (Phi) is 3.41. The van der Waals surface area contributed by atoms with Gasteiger partial charge in [-0.1, -0.05) is 0 Å². The molecule has 0 nitrogen and oxygen atoms in total. The van der Waals surface area contributed by atoms with Gasteiger partial charge in [-0.25, -0.2) is 4.39 Å². The second-order valence-corrected chi connectivity index (χ2v) is 3.83. The molecule has 1 aromatic carbocycles. The zero-order valence-corrected chi connectivity index (χ0v) is 8.10. The molecule has 0 saturated heterocycles. The van der Waals surface area contributed by atoms with Crippen LogP contribution in [0.4, 0.5) is 30.7 Å². The van der Waals surface area contributed by atoms with E-state index in [-0.39, 0.29) is 6.07 Å². The van der Waals surface area contributed by atoms with Gasteiger partial charge in [0.25, 0.3) is 0 Å². The minimum absolute atomic E-state index is 0.132. The molecule has 0 saturated carbocycles. The second kappa shape index (κ2) is 4.15. The van der Waals surface area contributed by atoms with E-state index >= 15 is 0 Å². The number of alkyl halides is 6. The lowest BCUT2D eigenvalue weighted by atomic mass is 10.2. The Balaban J connectivity index is 3.09. The maximum Gasteiger partial charge on any atom is 0.446 e. The highest BCUT2D eigenvalue weighted by molar-refractivity contribution is 8.00. The fraction of sp³-hybridized carbons (Fsp3) is 0.250. The molecule has 0 heterocycles. The molecule has 0 fully saturated rings. The zero-order chi connectivity index (χ0) is 12.6. The molecule has 0 radical (unpaired) electrons. The normalized spacial score (nSPS) is 12.9. The van der Waals surface area contributed by atoms with Crippen LogP contribution in [-0.4, -0.2) is 5.51 Å². The van der Waals surface area contributed by atoms with Gasteiger partial charge in [0.05, 0.1) is 5.56 Å². The van der Waals surface area contributed by atoms with Crippen molar-refractivity contribution in [2.24, 2.45) is 0 Å². The van der Waals surface area contributed by atoms with Gasteiger partial charge in [0.2, 0.25) is 0 Å². The van der Waals surface area contributed by atoms with Gasteiger partial charge in [0, 0.05) is 4.90 Å². The van der Waals surface area contributed by atoms with Crippen molar-refractivity contribution in [1.29, 1.82) is 0 Å². The Morgan fingerprint density at radius 2 is 1.50 bits per heavy atom. The maximum atomic E-state index is 12.7. The summed E-state index contributed by atoms with van der Waals surface area (Å²) in [4.78, 5) is -0.707. The van der Waals surface area contributed by atoms with Crippen LogP contribution in [0.3, 0.4) is 0 Å². The Labute approximate surface area is 89.4 Å². The molecule has 0 aliphatic carbocycles. The second-order valence-electron chi connectivity index (χ2n) is 2.69. The van der Waals surface area contributed by atoms with Crippen molar-refractivity contribution in [1.82, 2.24) is 0 Å². The maximum absolute atomic E-state index is 12.7. The third-order valence-electron chi connectivity index (χ3n) is 1.48. The van der Waals surface area contributed by atoms with Crippen molar-refractivity contribution < 1.29 is 30.7 Å². The van der Waals surface area contributed by atoms with Crippen LogP contribution in [0.15, 0.2) is 23.1 Å². The van der Waals surface area contributed by atoms with E-state index in [1.165, 1.54) is 0 Å². The zero-order valence-electron chi connectivity index (χ0n) is 7.29. The minimum atomic E-state index is -5.01. The lowest BCUT2D eigenvalue weighted by Gasteiger charge is -2.10. The predicted molar refractivity (Wildman–Crippen MR) is 43.3 cm³/mol. The van der Waals surface area contributed by atoms with E-state index in [4.69, 9.17) is 0 Å².